The number of rotatable bonds is 3. The van der Waals surface area contributed by atoms with Gasteiger partial charge in [0.25, 0.3) is 0 Å². The van der Waals surface area contributed by atoms with Crippen LogP contribution in [-0.2, 0) is 6.42 Å². The molecule has 0 amide bonds. The van der Waals surface area contributed by atoms with Crippen molar-refractivity contribution >= 4 is 15.9 Å². The van der Waals surface area contributed by atoms with E-state index in [0.29, 0.717) is 24.8 Å². The summed E-state index contributed by atoms with van der Waals surface area (Å²) in [4.78, 5) is 0. The van der Waals surface area contributed by atoms with E-state index < -0.39 is 12.1 Å². The van der Waals surface area contributed by atoms with Crippen molar-refractivity contribution in [3.05, 3.63) is 34.1 Å². The Hall–Kier alpha value is -0.620. The fourth-order valence-electron chi connectivity index (χ4n) is 3.00. The van der Waals surface area contributed by atoms with Gasteiger partial charge in [-0.25, -0.2) is 4.39 Å². The summed E-state index contributed by atoms with van der Waals surface area (Å²) in [6, 6.07) is 4.35. The molecule has 118 valence electrons. The van der Waals surface area contributed by atoms with Crippen LogP contribution in [0, 0.1) is 17.7 Å². The maximum Gasteiger partial charge on any atom is 0.391 e. The summed E-state index contributed by atoms with van der Waals surface area (Å²) in [5.74, 6) is -1.50. The fraction of sp³-hybridized carbons (Fsp3) is 0.600. The van der Waals surface area contributed by atoms with E-state index in [0.717, 1.165) is 4.47 Å². The maximum atomic E-state index is 13.7. The van der Waals surface area contributed by atoms with Crippen LogP contribution in [0.5, 0.6) is 0 Å². The third kappa shape index (κ3) is 4.42. The third-order valence-electron chi connectivity index (χ3n) is 4.30. The summed E-state index contributed by atoms with van der Waals surface area (Å²) < 4.78 is 52.3. The molecular weight excluding hydrogens is 350 g/mol. The van der Waals surface area contributed by atoms with Crippen LogP contribution in [0.4, 0.5) is 17.6 Å². The summed E-state index contributed by atoms with van der Waals surface area (Å²) >= 11 is 3.28. The Labute approximate surface area is 130 Å². The van der Waals surface area contributed by atoms with Gasteiger partial charge in [0.2, 0.25) is 0 Å². The van der Waals surface area contributed by atoms with Crippen LogP contribution < -0.4 is 5.73 Å². The van der Waals surface area contributed by atoms with Crippen molar-refractivity contribution in [1.29, 1.82) is 0 Å². The van der Waals surface area contributed by atoms with Crippen molar-refractivity contribution in [3.8, 4) is 0 Å². The summed E-state index contributed by atoms with van der Waals surface area (Å²) in [6.07, 6.45) is -2.58. The molecule has 1 aliphatic rings. The quantitative estimate of drug-likeness (QED) is 0.761. The summed E-state index contributed by atoms with van der Waals surface area (Å²) in [7, 11) is 0. The lowest BCUT2D eigenvalue weighted by Crippen LogP contribution is -2.37. The molecule has 0 heterocycles. The summed E-state index contributed by atoms with van der Waals surface area (Å²) in [5.41, 5.74) is 6.60. The lowest BCUT2D eigenvalue weighted by molar-refractivity contribution is -0.184. The van der Waals surface area contributed by atoms with E-state index >= 15 is 0 Å². The first kappa shape index (κ1) is 16.7. The average molecular weight is 368 g/mol. The highest BCUT2D eigenvalue weighted by molar-refractivity contribution is 9.10. The van der Waals surface area contributed by atoms with Gasteiger partial charge >= 0.3 is 6.18 Å². The molecule has 1 aromatic rings. The van der Waals surface area contributed by atoms with Crippen LogP contribution in [0.2, 0.25) is 0 Å². The van der Waals surface area contributed by atoms with Gasteiger partial charge in [-0.15, -0.1) is 0 Å². The zero-order chi connectivity index (χ0) is 15.6. The highest BCUT2D eigenvalue weighted by atomic mass is 79.9. The molecule has 0 radical (unpaired) electrons. The van der Waals surface area contributed by atoms with Gasteiger partial charge in [-0.2, -0.15) is 13.2 Å². The molecule has 1 aromatic carbocycles. The second-order valence-corrected chi connectivity index (χ2v) is 6.67. The number of halogens is 5. The van der Waals surface area contributed by atoms with Crippen molar-refractivity contribution < 1.29 is 17.6 Å². The monoisotopic (exact) mass is 367 g/mol. The van der Waals surface area contributed by atoms with Crippen LogP contribution in [0.1, 0.15) is 31.2 Å². The van der Waals surface area contributed by atoms with Gasteiger partial charge in [0, 0.05) is 10.5 Å². The minimum Gasteiger partial charge on any atom is -0.327 e. The second kappa shape index (κ2) is 6.65. The van der Waals surface area contributed by atoms with Gasteiger partial charge in [-0.3, -0.25) is 0 Å². The Balaban J connectivity index is 1.93. The van der Waals surface area contributed by atoms with Crippen molar-refractivity contribution in [1.82, 2.24) is 0 Å². The molecule has 0 aliphatic heterocycles. The number of hydrogen-bond donors (Lipinski definition) is 1. The highest BCUT2D eigenvalue weighted by Gasteiger charge is 2.42. The zero-order valence-electron chi connectivity index (χ0n) is 11.5. The fourth-order valence-corrected chi connectivity index (χ4v) is 3.40. The highest BCUT2D eigenvalue weighted by Crippen LogP contribution is 2.40. The molecule has 1 unspecified atom stereocenters. The van der Waals surface area contributed by atoms with E-state index in [2.05, 4.69) is 15.9 Å². The van der Waals surface area contributed by atoms with E-state index in [1.165, 1.54) is 6.07 Å². The minimum atomic E-state index is -4.11. The van der Waals surface area contributed by atoms with Crippen LogP contribution >= 0.6 is 15.9 Å². The first-order valence-electron chi connectivity index (χ1n) is 7.03. The normalized spacial score (nSPS) is 24.9. The summed E-state index contributed by atoms with van der Waals surface area (Å²) in [5, 5.41) is 0. The largest absolute Gasteiger partial charge is 0.391 e. The van der Waals surface area contributed by atoms with Crippen molar-refractivity contribution in [2.45, 2.75) is 44.3 Å². The lowest BCUT2D eigenvalue weighted by Gasteiger charge is -2.33. The molecule has 1 atom stereocenters. The first-order chi connectivity index (χ1) is 9.77. The number of benzene rings is 1. The van der Waals surface area contributed by atoms with Crippen LogP contribution in [-0.4, -0.2) is 12.2 Å². The Morgan fingerprint density at radius 2 is 1.81 bits per heavy atom. The van der Waals surface area contributed by atoms with E-state index in [4.69, 9.17) is 5.73 Å². The zero-order valence-corrected chi connectivity index (χ0v) is 13.1. The molecule has 1 aliphatic carbocycles. The molecule has 0 spiro atoms. The van der Waals surface area contributed by atoms with Crippen molar-refractivity contribution in [3.63, 3.8) is 0 Å². The molecule has 0 saturated heterocycles. The Bertz CT molecular complexity index is 481. The third-order valence-corrected chi connectivity index (χ3v) is 4.80. The maximum absolute atomic E-state index is 13.7. The first-order valence-corrected chi connectivity index (χ1v) is 7.83. The molecule has 21 heavy (non-hydrogen) atoms. The smallest absolute Gasteiger partial charge is 0.327 e. The van der Waals surface area contributed by atoms with Gasteiger partial charge in [0.05, 0.1) is 5.92 Å². The van der Waals surface area contributed by atoms with Gasteiger partial charge < -0.3 is 5.73 Å². The van der Waals surface area contributed by atoms with Gasteiger partial charge in [0.1, 0.15) is 5.82 Å². The van der Waals surface area contributed by atoms with E-state index in [-0.39, 0.29) is 30.6 Å². The predicted octanol–water partition coefficient (Wildman–Crippen LogP) is 4.83. The predicted molar refractivity (Wildman–Crippen MR) is 77.3 cm³/mol. The molecular formula is C15H18BrF4N. The number of hydrogen-bond acceptors (Lipinski definition) is 1. The number of alkyl halides is 3. The average Bonchev–Trinajstić information content (AvgIpc) is 2.42. The number of nitrogens with two attached hydrogens (primary N) is 1. The lowest BCUT2D eigenvalue weighted by atomic mass is 9.77. The van der Waals surface area contributed by atoms with E-state index in [1.54, 1.807) is 12.1 Å². The van der Waals surface area contributed by atoms with Crippen LogP contribution in [0.3, 0.4) is 0 Å². The molecule has 1 saturated carbocycles. The van der Waals surface area contributed by atoms with Crippen LogP contribution in [0.15, 0.2) is 22.7 Å². The van der Waals surface area contributed by atoms with Crippen molar-refractivity contribution in [2.24, 2.45) is 17.6 Å². The molecule has 1 nitrogen and oxygen atoms in total. The van der Waals surface area contributed by atoms with Gasteiger partial charge in [-0.1, -0.05) is 15.9 Å². The molecule has 2 N–H and O–H groups in total. The van der Waals surface area contributed by atoms with E-state index in [1.807, 2.05) is 0 Å². The topological polar surface area (TPSA) is 26.0 Å². The Morgan fingerprint density at radius 1 is 1.19 bits per heavy atom. The molecule has 2 rings (SSSR count). The molecule has 0 bridgehead atoms. The minimum absolute atomic E-state index is 0.0296. The molecule has 0 aromatic heterocycles. The van der Waals surface area contributed by atoms with E-state index in [9.17, 15) is 17.6 Å². The standard InChI is InChI=1S/C15H18BrF4N/c16-12-5-6-13(17)10(7-12)8-14(21)9-1-3-11(4-2-9)15(18,19)20/h5-7,9,11,14H,1-4,8,21H2. The molecule has 1 fully saturated rings. The second-order valence-electron chi connectivity index (χ2n) is 5.76. The van der Waals surface area contributed by atoms with Gasteiger partial charge in [0.15, 0.2) is 0 Å². The summed E-state index contributed by atoms with van der Waals surface area (Å²) in [6.45, 7) is 0. The van der Waals surface area contributed by atoms with Gasteiger partial charge in [-0.05, 0) is 61.8 Å². The Morgan fingerprint density at radius 3 is 2.38 bits per heavy atom. The molecule has 6 heteroatoms. The Kier molecular flexibility index (Phi) is 5.30. The SMILES string of the molecule is NC(Cc1cc(Br)ccc1F)C1CCC(C(F)(F)F)CC1. The van der Waals surface area contributed by atoms with Crippen molar-refractivity contribution in [2.75, 3.05) is 0 Å². The van der Waals surface area contributed by atoms with Crippen LogP contribution in [0.25, 0.3) is 0 Å².